The Kier molecular flexibility index (Phi) is 10.3. The van der Waals surface area contributed by atoms with Crippen LogP contribution in [-0.4, -0.2) is 0 Å². The molecular formula is C76H48. The quantitative estimate of drug-likeness (QED) is 0.140. The van der Waals surface area contributed by atoms with E-state index in [1.807, 2.05) is 0 Å². The second-order valence-corrected chi connectivity index (χ2v) is 20.2. The Morgan fingerprint density at radius 2 is 0.434 bits per heavy atom. The average molecular weight is 961 g/mol. The van der Waals surface area contributed by atoms with Gasteiger partial charge in [-0.2, -0.15) is 0 Å². The van der Waals surface area contributed by atoms with Crippen molar-refractivity contribution in [1.29, 1.82) is 0 Å². The molecule has 0 saturated carbocycles. The van der Waals surface area contributed by atoms with E-state index < -0.39 is 0 Å². The predicted octanol–water partition coefficient (Wildman–Crippen LogP) is 21.4. The second kappa shape index (κ2) is 18.0. The van der Waals surface area contributed by atoms with Crippen molar-refractivity contribution in [1.82, 2.24) is 0 Å². The van der Waals surface area contributed by atoms with E-state index in [4.69, 9.17) is 0 Å². The van der Waals surface area contributed by atoms with Crippen molar-refractivity contribution in [2.24, 2.45) is 0 Å². The third kappa shape index (κ3) is 7.14. The number of rotatable bonds is 7. The van der Waals surface area contributed by atoms with E-state index in [0.717, 1.165) is 0 Å². The smallest absolute Gasteiger partial charge is 0.00204 e. The maximum Gasteiger partial charge on any atom is -0.00204 e. The van der Waals surface area contributed by atoms with E-state index in [9.17, 15) is 0 Å². The van der Waals surface area contributed by atoms with Crippen LogP contribution in [0.5, 0.6) is 0 Å². The Bertz CT molecular complexity index is 4650. The average Bonchev–Trinajstić information content (AvgIpc) is 3.51. The summed E-state index contributed by atoms with van der Waals surface area (Å²) in [5.41, 5.74) is 17.0. The van der Waals surface area contributed by atoms with E-state index in [0.29, 0.717) is 0 Å². The molecule has 15 aromatic carbocycles. The lowest BCUT2D eigenvalue weighted by molar-refractivity contribution is 1.61. The van der Waals surface area contributed by atoms with Gasteiger partial charge in [0, 0.05) is 0 Å². The molecular weight excluding hydrogens is 913 g/mol. The third-order valence-corrected chi connectivity index (χ3v) is 16.0. The Balaban J connectivity index is 0.970. The zero-order valence-corrected chi connectivity index (χ0v) is 41.7. The molecule has 0 saturated heterocycles. The zero-order valence-electron chi connectivity index (χ0n) is 41.7. The standard InChI is InChI=1S/C76H48/c1-5-29-58-49(19-1)23-14-37-62(58)55-46-56(63-38-15-24-50-20-2-6-30-59(50)63)48-57(47-55)75-71-35-11-9-33-69(71)74(70-34-10-12-36-72(70)75)54-28-13-27-53(45-54)64-39-18-42-68-67(65-40-16-25-51-21-3-7-31-60(51)65)43-44-73(76(64)68)66-41-17-26-52-22-4-8-32-61(52)66/h1-48H. The highest BCUT2D eigenvalue weighted by molar-refractivity contribution is 6.23. The first kappa shape index (κ1) is 43.7. The first-order valence-electron chi connectivity index (χ1n) is 26.4. The minimum atomic E-state index is 1.18. The van der Waals surface area contributed by atoms with Gasteiger partial charge in [-0.3, -0.25) is 0 Å². The number of hydrogen-bond acceptors (Lipinski definition) is 0. The van der Waals surface area contributed by atoms with Crippen LogP contribution in [0.15, 0.2) is 291 Å². The summed E-state index contributed by atoms with van der Waals surface area (Å²) < 4.78 is 0. The SMILES string of the molecule is c1cc(-c2c3ccccc3c(-c3cc(-c4cccc5ccccc45)cc(-c4cccc5ccccc45)c3)c3ccccc23)cc(-c2cccc3c(-c4cccc5ccccc45)ccc(-c4cccc5ccccc45)c23)c1. The second-order valence-electron chi connectivity index (χ2n) is 20.2. The van der Waals surface area contributed by atoms with Crippen LogP contribution in [0, 0.1) is 0 Å². The summed E-state index contributed by atoms with van der Waals surface area (Å²) in [6.45, 7) is 0. The fourth-order valence-electron chi connectivity index (χ4n) is 12.7. The van der Waals surface area contributed by atoms with Crippen molar-refractivity contribution in [3.8, 4) is 77.9 Å². The normalized spacial score (nSPS) is 11.7. The lowest BCUT2D eigenvalue weighted by Crippen LogP contribution is -1.93. The monoisotopic (exact) mass is 960 g/mol. The molecule has 15 aromatic rings. The van der Waals surface area contributed by atoms with Crippen LogP contribution in [0.3, 0.4) is 0 Å². The van der Waals surface area contributed by atoms with Gasteiger partial charge in [0.05, 0.1) is 0 Å². The maximum absolute atomic E-state index is 2.44. The molecule has 0 aliphatic heterocycles. The van der Waals surface area contributed by atoms with Gasteiger partial charge < -0.3 is 0 Å². The van der Waals surface area contributed by atoms with Gasteiger partial charge in [0.15, 0.2) is 0 Å². The summed E-state index contributed by atoms with van der Waals surface area (Å²) in [5, 5.41) is 17.3. The van der Waals surface area contributed by atoms with Crippen molar-refractivity contribution in [3.63, 3.8) is 0 Å². The molecule has 0 unspecified atom stereocenters. The molecule has 352 valence electrons. The van der Waals surface area contributed by atoms with E-state index in [1.165, 1.54) is 153 Å². The molecule has 0 heteroatoms. The minimum Gasteiger partial charge on any atom is -0.0616 e. The van der Waals surface area contributed by atoms with Crippen LogP contribution < -0.4 is 0 Å². The van der Waals surface area contributed by atoms with Gasteiger partial charge in [0.1, 0.15) is 0 Å². The third-order valence-electron chi connectivity index (χ3n) is 16.0. The molecule has 0 atom stereocenters. The molecule has 0 aromatic heterocycles. The summed E-state index contributed by atoms with van der Waals surface area (Å²) in [7, 11) is 0. The molecule has 0 spiro atoms. The van der Waals surface area contributed by atoms with Crippen molar-refractivity contribution in [3.05, 3.63) is 291 Å². The lowest BCUT2D eigenvalue weighted by Gasteiger charge is -2.20. The molecule has 0 fully saturated rings. The predicted molar refractivity (Wildman–Crippen MR) is 327 cm³/mol. The molecule has 0 nitrogen and oxygen atoms in total. The largest absolute Gasteiger partial charge is 0.0616 e. The fraction of sp³-hybridized carbons (Fsp3) is 0. The fourth-order valence-corrected chi connectivity index (χ4v) is 12.7. The highest BCUT2D eigenvalue weighted by Crippen LogP contribution is 2.49. The first-order chi connectivity index (χ1) is 37.7. The van der Waals surface area contributed by atoms with Crippen LogP contribution in [0.2, 0.25) is 0 Å². The molecule has 0 amide bonds. The van der Waals surface area contributed by atoms with E-state index >= 15 is 0 Å². The molecule has 0 radical (unpaired) electrons. The molecule has 15 rings (SSSR count). The number of fused-ring (bicyclic) bond motifs is 7. The van der Waals surface area contributed by atoms with Crippen LogP contribution in [0.1, 0.15) is 0 Å². The van der Waals surface area contributed by atoms with Crippen LogP contribution in [-0.2, 0) is 0 Å². The summed E-state index contributed by atoms with van der Waals surface area (Å²) in [6, 6.07) is 108. The van der Waals surface area contributed by atoms with Gasteiger partial charge >= 0.3 is 0 Å². The zero-order chi connectivity index (χ0) is 50.1. The van der Waals surface area contributed by atoms with Gasteiger partial charge in [-0.15, -0.1) is 0 Å². The van der Waals surface area contributed by atoms with Crippen LogP contribution >= 0.6 is 0 Å². The topological polar surface area (TPSA) is 0 Å². The first-order valence-corrected chi connectivity index (χ1v) is 26.4. The van der Waals surface area contributed by atoms with Gasteiger partial charge in [0.25, 0.3) is 0 Å². The van der Waals surface area contributed by atoms with E-state index in [-0.39, 0.29) is 0 Å². The summed E-state index contributed by atoms with van der Waals surface area (Å²) in [5.74, 6) is 0. The molecule has 0 aliphatic carbocycles. The Labute approximate surface area is 442 Å². The Morgan fingerprint density at radius 1 is 0.145 bits per heavy atom. The summed E-state index contributed by atoms with van der Waals surface area (Å²) in [4.78, 5) is 0. The van der Waals surface area contributed by atoms with Gasteiger partial charge in [-0.05, 0) is 178 Å². The highest BCUT2D eigenvalue weighted by atomic mass is 14.2. The minimum absolute atomic E-state index is 1.18. The molecule has 0 N–H and O–H groups in total. The number of benzene rings is 15. The van der Waals surface area contributed by atoms with E-state index in [1.54, 1.807) is 0 Å². The van der Waals surface area contributed by atoms with Gasteiger partial charge in [-0.25, -0.2) is 0 Å². The van der Waals surface area contributed by atoms with Gasteiger partial charge in [-0.1, -0.05) is 267 Å². The highest BCUT2D eigenvalue weighted by Gasteiger charge is 2.22. The summed E-state index contributed by atoms with van der Waals surface area (Å²) >= 11 is 0. The van der Waals surface area contributed by atoms with Crippen molar-refractivity contribution >= 4 is 75.4 Å². The van der Waals surface area contributed by atoms with Crippen LogP contribution in [0.25, 0.3) is 153 Å². The molecule has 0 bridgehead atoms. The summed E-state index contributed by atoms with van der Waals surface area (Å²) in [6.07, 6.45) is 0. The lowest BCUT2D eigenvalue weighted by atomic mass is 9.83. The van der Waals surface area contributed by atoms with Crippen molar-refractivity contribution in [2.75, 3.05) is 0 Å². The maximum atomic E-state index is 2.44. The molecule has 0 aliphatic rings. The van der Waals surface area contributed by atoms with Crippen molar-refractivity contribution in [2.45, 2.75) is 0 Å². The Hall–Kier alpha value is -9.88. The van der Waals surface area contributed by atoms with Crippen LogP contribution in [0.4, 0.5) is 0 Å². The van der Waals surface area contributed by atoms with E-state index in [2.05, 4.69) is 291 Å². The Morgan fingerprint density at radius 3 is 0.934 bits per heavy atom. The van der Waals surface area contributed by atoms with Crippen molar-refractivity contribution < 1.29 is 0 Å². The molecule has 76 heavy (non-hydrogen) atoms. The van der Waals surface area contributed by atoms with Gasteiger partial charge in [0.2, 0.25) is 0 Å². The number of hydrogen-bond donors (Lipinski definition) is 0. The molecule has 0 heterocycles.